The largest absolute Gasteiger partial charge is 0.382 e. The monoisotopic (exact) mass is 482 g/mol. The lowest BCUT2D eigenvalue weighted by Gasteiger charge is -2.15. The number of nitrogen functional groups attached to an aromatic ring is 1. The zero-order valence-electron chi connectivity index (χ0n) is 19.1. The molecular weight excluding hydrogens is 460 g/mol. The minimum Gasteiger partial charge on any atom is -0.382 e. The molecule has 8 nitrogen and oxygen atoms in total. The van der Waals surface area contributed by atoms with Crippen molar-refractivity contribution in [3.63, 3.8) is 0 Å². The molecule has 0 unspecified atom stereocenters. The fourth-order valence-electron chi connectivity index (χ4n) is 3.92. The number of nitrogens with zero attached hydrogens (tertiary/aromatic N) is 3. The zero-order valence-corrected chi connectivity index (χ0v) is 19.9. The molecule has 0 saturated carbocycles. The molecule has 0 fully saturated rings. The molecule has 0 radical (unpaired) electrons. The number of carbonyl (C=O) groups is 2. The molecule has 9 heteroatoms. The fourth-order valence-corrected chi connectivity index (χ4v) is 4.82. The number of thiophene rings is 1. The number of pyridine rings is 1. The number of fused-ring (bicyclic) bond motifs is 2. The van der Waals surface area contributed by atoms with Crippen molar-refractivity contribution in [3.05, 3.63) is 77.1 Å². The van der Waals surface area contributed by atoms with E-state index < -0.39 is 0 Å². The predicted octanol–water partition coefficient (Wildman–Crippen LogP) is 5.72. The Morgan fingerprint density at radius 3 is 2.57 bits per heavy atom. The highest BCUT2D eigenvalue weighted by atomic mass is 32.1. The summed E-state index contributed by atoms with van der Waals surface area (Å²) >= 11 is 1.34. The summed E-state index contributed by atoms with van der Waals surface area (Å²) in [6.07, 6.45) is 3.52. The summed E-state index contributed by atoms with van der Waals surface area (Å²) < 4.78 is 0.689. The Hall–Kier alpha value is -4.37. The molecule has 3 aromatic heterocycles. The van der Waals surface area contributed by atoms with E-state index >= 15 is 0 Å². The van der Waals surface area contributed by atoms with Crippen molar-refractivity contribution in [2.24, 2.45) is 0 Å². The minimum absolute atomic E-state index is 0.100. The van der Waals surface area contributed by atoms with Gasteiger partial charge in [0, 0.05) is 40.0 Å². The van der Waals surface area contributed by atoms with Gasteiger partial charge in [-0.2, -0.15) is 0 Å². The number of nitrogens with two attached hydrogens (primary N) is 1. The highest BCUT2D eigenvalue weighted by Crippen LogP contribution is 2.34. The number of rotatable bonds is 6. The van der Waals surface area contributed by atoms with Gasteiger partial charge in [-0.3, -0.25) is 9.59 Å². The van der Waals surface area contributed by atoms with Gasteiger partial charge in [0.2, 0.25) is 0 Å². The van der Waals surface area contributed by atoms with Crippen LogP contribution in [-0.4, -0.2) is 26.6 Å². The van der Waals surface area contributed by atoms with Gasteiger partial charge in [0.25, 0.3) is 5.91 Å². The molecule has 0 bridgehead atoms. The number of ketones is 1. The van der Waals surface area contributed by atoms with Gasteiger partial charge in [-0.05, 0) is 42.8 Å². The molecule has 174 valence electrons. The molecule has 2 aromatic carbocycles. The maximum atomic E-state index is 13.2. The van der Waals surface area contributed by atoms with Crippen molar-refractivity contribution >= 4 is 67.0 Å². The molecule has 5 aromatic rings. The molecule has 0 aliphatic rings. The van der Waals surface area contributed by atoms with Gasteiger partial charge < -0.3 is 16.4 Å². The van der Waals surface area contributed by atoms with Gasteiger partial charge in [-0.1, -0.05) is 19.1 Å². The molecule has 0 aliphatic heterocycles. The third-order valence-electron chi connectivity index (χ3n) is 5.81. The third kappa shape index (κ3) is 4.17. The number of carbonyl (C=O) groups excluding carboxylic acids is 2. The quantitative estimate of drug-likeness (QED) is 0.265. The van der Waals surface area contributed by atoms with Crippen molar-refractivity contribution in [2.45, 2.75) is 20.3 Å². The van der Waals surface area contributed by atoms with Gasteiger partial charge in [0.05, 0.1) is 21.5 Å². The topological polar surface area (TPSA) is 123 Å². The Morgan fingerprint density at radius 2 is 1.80 bits per heavy atom. The summed E-state index contributed by atoms with van der Waals surface area (Å²) in [6.45, 7) is 3.79. The molecule has 5 rings (SSSR count). The Morgan fingerprint density at radius 1 is 1.00 bits per heavy atom. The maximum absolute atomic E-state index is 13.2. The van der Waals surface area contributed by atoms with Crippen LogP contribution in [0.15, 0.2) is 60.4 Å². The van der Waals surface area contributed by atoms with Crippen LogP contribution in [-0.2, 0) is 0 Å². The molecule has 0 atom stereocenters. The van der Waals surface area contributed by atoms with E-state index in [0.717, 1.165) is 22.0 Å². The van der Waals surface area contributed by atoms with Gasteiger partial charge >= 0.3 is 0 Å². The SMILES string of the molecule is CCC(=O)c1ccc(Nc2nccc3c(NC(=O)c4csc5c(N)ncnc45)c(C)ccc23)cc1. The van der Waals surface area contributed by atoms with Gasteiger partial charge in [-0.15, -0.1) is 11.3 Å². The van der Waals surface area contributed by atoms with E-state index in [-0.39, 0.29) is 11.7 Å². The summed E-state index contributed by atoms with van der Waals surface area (Å²) in [5.74, 6) is 0.832. The number of benzene rings is 2. The summed E-state index contributed by atoms with van der Waals surface area (Å²) in [5, 5.41) is 9.83. The number of hydrogen-bond donors (Lipinski definition) is 3. The third-order valence-corrected chi connectivity index (χ3v) is 6.80. The van der Waals surface area contributed by atoms with Crippen molar-refractivity contribution in [2.75, 3.05) is 16.4 Å². The van der Waals surface area contributed by atoms with Crippen LogP contribution in [0.1, 0.15) is 39.6 Å². The van der Waals surface area contributed by atoms with E-state index in [1.807, 2.05) is 44.2 Å². The first-order chi connectivity index (χ1) is 17.0. The number of Topliss-reactive ketones (excluding diaryl/α,β-unsaturated/α-hetero) is 1. The minimum atomic E-state index is -0.271. The first-order valence-electron chi connectivity index (χ1n) is 11.0. The van der Waals surface area contributed by atoms with Crippen LogP contribution >= 0.6 is 11.3 Å². The van der Waals surface area contributed by atoms with Crippen LogP contribution in [0.5, 0.6) is 0 Å². The Labute approximate surface area is 205 Å². The molecule has 3 heterocycles. The normalized spacial score (nSPS) is 11.0. The highest BCUT2D eigenvalue weighted by Gasteiger charge is 2.18. The smallest absolute Gasteiger partial charge is 0.258 e. The summed E-state index contributed by atoms with van der Waals surface area (Å²) in [5.41, 5.74) is 10.0. The summed E-state index contributed by atoms with van der Waals surface area (Å²) in [6, 6.07) is 13.1. The number of aryl methyl sites for hydroxylation is 1. The number of nitrogens with one attached hydrogen (secondary N) is 2. The van der Waals surface area contributed by atoms with Crippen molar-refractivity contribution in [1.82, 2.24) is 15.0 Å². The summed E-state index contributed by atoms with van der Waals surface area (Å²) in [4.78, 5) is 37.9. The molecule has 0 aliphatic carbocycles. The lowest BCUT2D eigenvalue weighted by molar-refractivity contribution is 0.0986. The van der Waals surface area contributed by atoms with Crippen LogP contribution in [0, 0.1) is 6.92 Å². The van der Waals surface area contributed by atoms with E-state index in [4.69, 9.17) is 5.73 Å². The molecule has 0 saturated heterocycles. The first-order valence-corrected chi connectivity index (χ1v) is 11.9. The molecular formula is C26H22N6O2S. The number of aromatic nitrogens is 3. The van der Waals surface area contributed by atoms with Crippen molar-refractivity contribution < 1.29 is 9.59 Å². The van der Waals surface area contributed by atoms with Crippen LogP contribution in [0.2, 0.25) is 0 Å². The van der Waals surface area contributed by atoms with Crippen LogP contribution in [0.3, 0.4) is 0 Å². The Kier molecular flexibility index (Phi) is 5.84. The number of hydrogen-bond acceptors (Lipinski definition) is 8. The van der Waals surface area contributed by atoms with E-state index in [1.54, 1.807) is 23.7 Å². The Balaban J connectivity index is 1.48. The number of anilines is 4. The lowest BCUT2D eigenvalue weighted by Crippen LogP contribution is -2.13. The van der Waals surface area contributed by atoms with Gasteiger partial charge in [0.1, 0.15) is 18.0 Å². The second kappa shape index (κ2) is 9.11. The van der Waals surface area contributed by atoms with E-state index in [0.29, 0.717) is 45.1 Å². The van der Waals surface area contributed by atoms with Crippen LogP contribution in [0.25, 0.3) is 21.0 Å². The van der Waals surface area contributed by atoms with Crippen LogP contribution in [0.4, 0.5) is 23.0 Å². The van der Waals surface area contributed by atoms with Gasteiger partial charge in [-0.25, -0.2) is 15.0 Å². The fraction of sp³-hybridized carbons (Fsp3) is 0.115. The zero-order chi connectivity index (χ0) is 24.5. The average Bonchev–Trinajstić information content (AvgIpc) is 3.31. The van der Waals surface area contributed by atoms with Crippen molar-refractivity contribution in [3.8, 4) is 0 Å². The van der Waals surface area contributed by atoms with E-state index in [9.17, 15) is 9.59 Å². The molecule has 35 heavy (non-hydrogen) atoms. The lowest BCUT2D eigenvalue weighted by atomic mass is 10.0. The molecule has 0 spiro atoms. The van der Waals surface area contributed by atoms with E-state index in [2.05, 4.69) is 25.6 Å². The van der Waals surface area contributed by atoms with Crippen molar-refractivity contribution in [1.29, 1.82) is 0 Å². The Bertz CT molecular complexity index is 1590. The predicted molar refractivity (Wildman–Crippen MR) is 141 cm³/mol. The molecule has 1 amide bonds. The maximum Gasteiger partial charge on any atom is 0.258 e. The highest BCUT2D eigenvalue weighted by molar-refractivity contribution is 7.18. The summed E-state index contributed by atoms with van der Waals surface area (Å²) in [7, 11) is 0. The second-order valence-electron chi connectivity index (χ2n) is 8.03. The molecule has 4 N–H and O–H groups in total. The standard InChI is InChI=1S/C26H22N6O2S/c1-3-20(33)15-5-7-16(8-6-15)31-25-18-9-4-14(2)21(17(18)10-11-28-25)32-26(34)19-12-35-23-22(19)29-13-30-24(23)27/h4-13H,3H2,1-2H3,(H,28,31)(H,32,34)(H2,27,29,30). The first kappa shape index (κ1) is 22.4. The second-order valence-corrected chi connectivity index (χ2v) is 8.91. The van der Waals surface area contributed by atoms with Crippen LogP contribution < -0.4 is 16.4 Å². The average molecular weight is 483 g/mol. The van der Waals surface area contributed by atoms with Gasteiger partial charge in [0.15, 0.2) is 5.78 Å². The van der Waals surface area contributed by atoms with E-state index in [1.165, 1.54) is 17.7 Å². The number of amides is 1.